The lowest BCUT2D eigenvalue weighted by molar-refractivity contribution is 0.975. The van der Waals surface area contributed by atoms with Gasteiger partial charge < -0.3 is 0 Å². The zero-order valence-corrected chi connectivity index (χ0v) is 8.06. The van der Waals surface area contributed by atoms with E-state index in [2.05, 4.69) is 13.5 Å². The van der Waals surface area contributed by atoms with Crippen molar-refractivity contribution in [2.75, 3.05) is 0 Å². The molecule has 1 aromatic carbocycles. The molecule has 64 valence electrons. The molecule has 1 aromatic rings. The second kappa shape index (κ2) is 4.32. The third kappa shape index (κ3) is 2.12. The summed E-state index contributed by atoms with van der Waals surface area (Å²) in [5.74, 6) is 0. The molecule has 1 heteroatoms. The predicted octanol–water partition coefficient (Wildman–Crippen LogP) is 4.15. The Labute approximate surface area is 78.9 Å². The predicted molar refractivity (Wildman–Crippen MR) is 55.4 cm³/mol. The zero-order chi connectivity index (χ0) is 8.97. The molecule has 0 radical (unpaired) electrons. The summed E-state index contributed by atoms with van der Waals surface area (Å²) in [5.41, 5.74) is 2.21. The molecular weight excluding hydrogens is 168 g/mol. The lowest BCUT2D eigenvalue weighted by atomic mass is 10.0. The molecular formula is C11H13Cl. The van der Waals surface area contributed by atoms with Crippen LogP contribution in [0.2, 0.25) is 5.02 Å². The Morgan fingerprint density at radius 3 is 2.67 bits per heavy atom. The Kier molecular flexibility index (Phi) is 3.36. The Morgan fingerprint density at radius 2 is 2.08 bits per heavy atom. The molecule has 0 atom stereocenters. The van der Waals surface area contributed by atoms with E-state index in [1.165, 1.54) is 0 Å². The van der Waals surface area contributed by atoms with Crippen LogP contribution in [0.25, 0.3) is 5.57 Å². The summed E-state index contributed by atoms with van der Waals surface area (Å²) >= 11 is 5.99. The van der Waals surface area contributed by atoms with Crippen LogP contribution in [-0.2, 0) is 0 Å². The van der Waals surface area contributed by atoms with Gasteiger partial charge in [0.1, 0.15) is 0 Å². The topological polar surface area (TPSA) is 0 Å². The van der Waals surface area contributed by atoms with Gasteiger partial charge in [0.25, 0.3) is 0 Å². The van der Waals surface area contributed by atoms with Crippen molar-refractivity contribution in [2.24, 2.45) is 0 Å². The van der Waals surface area contributed by atoms with Gasteiger partial charge in [-0.3, -0.25) is 0 Å². The Hall–Kier alpha value is -0.750. The molecule has 0 fully saturated rings. The molecule has 0 nitrogen and oxygen atoms in total. The fourth-order valence-electron chi connectivity index (χ4n) is 1.18. The highest BCUT2D eigenvalue weighted by Crippen LogP contribution is 2.24. The molecule has 0 aromatic heterocycles. The van der Waals surface area contributed by atoms with Gasteiger partial charge in [0.2, 0.25) is 0 Å². The van der Waals surface area contributed by atoms with E-state index in [4.69, 9.17) is 11.6 Å². The maximum Gasteiger partial charge on any atom is 0.0480 e. The summed E-state index contributed by atoms with van der Waals surface area (Å²) in [4.78, 5) is 0. The highest BCUT2D eigenvalue weighted by atomic mass is 35.5. The molecule has 0 aliphatic carbocycles. The quantitative estimate of drug-likeness (QED) is 0.656. The van der Waals surface area contributed by atoms with Crippen LogP contribution in [0.5, 0.6) is 0 Å². The van der Waals surface area contributed by atoms with E-state index in [9.17, 15) is 0 Å². The summed E-state index contributed by atoms with van der Waals surface area (Å²) in [7, 11) is 0. The minimum Gasteiger partial charge on any atom is -0.0952 e. The van der Waals surface area contributed by atoms with Gasteiger partial charge in [-0.1, -0.05) is 49.7 Å². The molecule has 0 N–H and O–H groups in total. The third-order valence-corrected chi connectivity index (χ3v) is 2.14. The highest BCUT2D eigenvalue weighted by molar-refractivity contribution is 6.32. The first-order chi connectivity index (χ1) is 5.75. The molecule has 0 aliphatic heterocycles. The zero-order valence-electron chi connectivity index (χ0n) is 7.31. The van der Waals surface area contributed by atoms with Gasteiger partial charge in [-0.15, -0.1) is 0 Å². The molecule has 1 rings (SSSR count). The minimum atomic E-state index is 0.802. The second-order valence-corrected chi connectivity index (χ2v) is 3.24. The van der Waals surface area contributed by atoms with E-state index in [-0.39, 0.29) is 0 Å². The summed E-state index contributed by atoms with van der Waals surface area (Å²) in [6.45, 7) is 6.13. The van der Waals surface area contributed by atoms with Gasteiger partial charge in [0.05, 0.1) is 0 Å². The molecule has 12 heavy (non-hydrogen) atoms. The largest absolute Gasteiger partial charge is 0.0952 e. The van der Waals surface area contributed by atoms with E-state index >= 15 is 0 Å². The van der Waals surface area contributed by atoms with Crippen LogP contribution in [0.1, 0.15) is 25.3 Å². The maximum absolute atomic E-state index is 5.99. The summed E-state index contributed by atoms with van der Waals surface area (Å²) in [6.07, 6.45) is 2.13. The lowest BCUT2D eigenvalue weighted by Gasteiger charge is -2.05. The molecule has 0 saturated carbocycles. The van der Waals surface area contributed by atoms with E-state index in [0.29, 0.717) is 0 Å². The number of rotatable bonds is 3. The smallest absolute Gasteiger partial charge is 0.0480 e. The van der Waals surface area contributed by atoms with Crippen LogP contribution < -0.4 is 0 Å². The lowest BCUT2D eigenvalue weighted by Crippen LogP contribution is -1.83. The summed E-state index contributed by atoms with van der Waals surface area (Å²) in [5, 5.41) is 0.802. The number of hydrogen-bond acceptors (Lipinski definition) is 0. The number of hydrogen-bond donors (Lipinski definition) is 0. The van der Waals surface area contributed by atoms with Crippen molar-refractivity contribution in [3.8, 4) is 0 Å². The summed E-state index contributed by atoms with van der Waals surface area (Å²) in [6, 6.07) is 7.84. The fraction of sp³-hybridized carbons (Fsp3) is 0.273. The van der Waals surface area contributed by atoms with Crippen molar-refractivity contribution in [3.05, 3.63) is 41.4 Å². The van der Waals surface area contributed by atoms with Crippen molar-refractivity contribution >= 4 is 17.2 Å². The highest BCUT2D eigenvalue weighted by Gasteiger charge is 2.01. The average molecular weight is 181 g/mol. The molecule has 0 saturated heterocycles. The van der Waals surface area contributed by atoms with Crippen molar-refractivity contribution in [2.45, 2.75) is 19.8 Å². The van der Waals surface area contributed by atoms with Gasteiger partial charge in [-0.25, -0.2) is 0 Å². The van der Waals surface area contributed by atoms with Gasteiger partial charge in [0.15, 0.2) is 0 Å². The van der Waals surface area contributed by atoms with Crippen LogP contribution in [0.4, 0.5) is 0 Å². The van der Waals surface area contributed by atoms with Crippen LogP contribution in [0.3, 0.4) is 0 Å². The maximum atomic E-state index is 5.99. The monoisotopic (exact) mass is 180 g/mol. The third-order valence-electron chi connectivity index (χ3n) is 1.81. The molecule has 0 aliphatic rings. The van der Waals surface area contributed by atoms with Crippen LogP contribution in [0, 0.1) is 0 Å². The first kappa shape index (κ1) is 9.34. The summed E-state index contributed by atoms with van der Waals surface area (Å²) < 4.78 is 0. The second-order valence-electron chi connectivity index (χ2n) is 2.83. The number of benzene rings is 1. The first-order valence-electron chi connectivity index (χ1n) is 4.18. The van der Waals surface area contributed by atoms with E-state index in [1.54, 1.807) is 0 Å². The van der Waals surface area contributed by atoms with Crippen molar-refractivity contribution in [1.29, 1.82) is 0 Å². The first-order valence-corrected chi connectivity index (χ1v) is 4.56. The Bertz CT molecular complexity index is 276. The van der Waals surface area contributed by atoms with Gasteiger partial charge in [-0.2, -0.15) is 0 Å². The van der Waals surface area contributed by atoms with Crippen LogP contribution in [-0.4, -0.2) is 0 Å². The van der Waals surface area contributed by atoms with Crippen LogP contribution in [0.15, 0.2) is 30.8 Å². The van der Waals surface area contributed by atoms with Crippen LogP contribution >= 0.6 is 11.6 Å². The van der Waals surface area contributed by atoms with E-state index < -0.39 is 0 Å². The number of allylic oxidation sites excluding steroid dienone is 1. The van der Waals surface area contributed by atoms with Crippen molar-refractivity contribution in [3.63, 3.8) is 0 Å². The molecule has 0 unspecified atom stereocenters. The minimum absolute atomic E-state index is 0.802. The van der Waals surface area contributed by atoms with Crippen molar-refractivity contribution in [1.82, 2.24) is 0 Å². The average Bonchev–Trinajstić information content (AvgIpc) is 2.05. The number of halogens is 1. The van der Waals surface area contributed by atoms with Crippen molar-refractivity contribution < 1.29 is 0 Å². The standard InChI is InChI=1S/C11H13Cl/c1-3-6-9(2)10-7-4-5-8-11(10)12/h4-5,7-8H,2-3,6H2,1H3. The SMILES string of the molecule is C=C(CCC)c1ccccc1Cl. The fourth-order valence-corrected chi connectivity index (χ4v) is 1.45. The molecule has 0 amide bonds. The Morgan fingerprint density at radius 1 is 1.42 bits per heavy atom. The normalized spacial score (nSPS) is 9.83. The molecule has 0 spiro atoms. The van der Waals surface area contributed by atoms with Gasteiger partial charge in [0, 0.05) is 5.02 Å². The molecule has 0 heterocycles. The molecule has 0 bridgehead atoms. The van der Waals surface area contributed by atoms with Gasteiger partial charge >= 0.3 is 0 Å². The van der Waals surface area contributed by atoms with E-state index in [0.717, 1.165) is 29.0 Å². The van der Waals surface area contributed by atoms with E-state index in [1.807, 2.05) is 24.3 Å². The Balaban J connectivity index is 2.87. The van der Waals surface area contributed by atoms with Gasteiger partial charge in [-0.05, 0) is 23.6 Å².